The average molecular weight is 192 g/mol. The minimum atomic E-state index is 0.381. The molecular formula is C10H16N4. The van der Waals surface area contributed by atoms with Crippen LogP contribution in [0.25, 0.3) is 0 Å². The number of fused-ring (bicyclic) bond motifs is 1. The number of nitrogens with zero attached hydrogens (tertiary/aromatic N) is 2. The lowest BCUT2D eigenvalue weighted by atomic mass is 10.1. The van der Waals surface area contributed by atoms with E-state index >= 15 is 0 Å². The fourth-order valence-electron chi connectivity index (χ4n) is 1.83. The number of rotatable bonds is 1. The monoisotopic (exact) mass is 192 g/mol. The van der Waals surface area contributed by atoms with Crippen LogP contribution in [-0.4, -0.2) is 11.1 Å². The molecule has 4 heteroatoms. The standard InChI is InChI=1S/C10H16N4/c1-7(2)13-6-8-4-3-5-9(11)10(8)14(13)12/h3-5,7H,6,11-12H2,1-2H3. The Labute approximate surface area is 84.0 Å². The number of anilines is 2. The number of para-hydroxylation sites is 1. The number of benzene rings is 1. The first-order chi connectivity index (χ1) is 6.61. The fourth-order valence-corrected chi connectivity index (χ4v) is 1.83. The molecular weight excluding hydrogens is 176 g/mol. The molecule has 0 fully saturated rings. The van der Waals surface area contributed by atoms with Gasteiger partial charge in [0, 0.05) is 12.6 Å². The molecule has 1 aliphatic heterocycles. The molecule has 0 aliphatic carbocycles. The maximum atomic E-state index is 5.97. The highest BCUT2D eigenvalue weighted by molar-refractivity contribution is 5.72. The van der Waals surface area contributed by atoms with E-state index in [0.29, 0.717) is 6.04 Å². The Morgan fingerprint density at radius 2 is 2.07 bits per heavy atom. The molecule has 0 spiro atoms. The van der Waals surface area contributed by atoms with E-state index in [2.05, 4.69) is 24.9 Å². The molecule has 0 radical (unpaired) electrons. The number of nitrogens with two attached hydrogens (primary N) is 2. The van der Waals surface area contributed by atoms with Gasteiger partial charge < -0.3 is 5.73 Å². The SMILES string of the molecule is CC(C)N1Cc2cccc(N)c2N1N. The summed E-state index contributed by atoms with van der Waals surface area (Å²) in [5.74, 6) is 5.97. The zero-order valence-corrected chi connectivity index (χ0v) is 8.57. The van der Waals surface area contributed by atoms with Gasteiger partial charge in [-0.2, -0.15) is 5.01 Å². The van der Waals surface area contributed by atoms with E-state index in [9.17, 15) is 0 Å². The minimum absolute atomic E-state index is 0.381. The van der Waals surface area contributed by atoms with Crippen LogP contribution in [0.4, 0.5) is 11.4 Å². The van der Waals surface area contributed by atoms with E-state index in [1.54, 1.807) is 5.12 Å². The van der Waals surface area contributed by atoms with Crippen LogP contribution in [0.5, 0.6) is 0 Å². The van der Waals surface area contributed by atoms with Gasteiger partial charge in [0.05, 0.1) is 11.4 Å². The van der Waals surface area contributed by atoms with E-state index in [-0.39, 0.29) is 0 Å². The summed E-state index contributed by atoms with van der Waals surface area (Å²) >= 11 is 0. The van der Waals surface area contributed by atoms with Crippen LogP contribution in [0.2, 0.25) is 0 Å². The predicted octanol–water partition coefficient (Wildman–Crippen LogP) is 1.09. The lowest BCUT2D eigenvalue weighted by Gasteiger charge is -2.29. The fraction of sp³-hybridized carbons (Fsp3) is 0.400. The molecule has 0 saturated carbocycles. The maximum absolute atomic E-state index is 5.97. The third kappa shape index (κ3) is 1.23. The van der Waals surface area contributed by atoms with Crippen LogP contribution in [0.15, 0.2) is 18.2 Å². The van der Waals surface area contributed by atoms with Crippen LogP contribution in [0.3, 0.4) is 0 Å². The molecule has 4 nitrogen and oxygen atoms in total. The summed E-state index contributed by atoms with van der Waals surface area (Å²) in [6.45, 7) is 5.07. The Morgan fingerprint density at radius 1 is 1.36 bits per heavy atom. The Balaban J connectivity index is 2.41. The van der Waals surface area contributed by atoms with Crippen LogP contribution < -0.4 is 16.7 Å². The topological polar surface area (TPSA) is 58.5 Å². The largest absolute Gasteiger partial charge is 0.397 e. The Morgan fingerprint density at radius 3 is 2.64 bits per heavy atom. The molecule has 0 amide bonds. The second-order valence-corrected chi connectivity index (χ2v) is 3.89. The molecule has 0 unspecified atom stereocenters. The second-order valence-electron chi connectivity index (χ2n) is 3.89. The molecule has 1 aliphatic rings. The molecule has 0 atom stereocenters. The minimum Gasteiger partial charge on any atom is -0.397 e. The lowest BCUT2D eigenvalue weighted by molar-refractivity contribution is 0.211. The molecule has 14 heavy (non-hydrogen) atoms. The zero-order chi connectivity index (χ0) is 10.3. The molecule has 2 rings (SSSR count). The highest BCUT2D eigenvalue weighted by Gasteiger charge is 2.28. The molecule has 0 aromatic heterocycles. The second kappa shape index (κ2) is 3.15. The summed E-state index contributed by atoms with van der Waals surface area (Å²) in [5, 5.41) is 3.75. The zero-order valence-electron chi connectivity index (χ0n) is 8.57. The summed E-state index contributed by atoms with van der Waals surface area (Å²) in [6, 6.07) is 6.29. The Kier molecular flexibility index (Phi) is 2.09. The summed E-state index contributed by atoms with van der Waals surface area (Å²) < 4.78 is 0. The van der Waals surface area contributed by atoms with Gasteiger partial charge in [0.1, 0.15) is 0 Å². The van der Waals surface area contributed by atoms with Crippen molar-refractivity contribution in [2.24, 2.45) is 5.84 Å². The first-order valence-electron chi connectivity index (χ1n) is 4.80. The quantitative estimate of drug-likeness (QED) is 0.516. The van der Waals surface area contributed by atoms with Crippen LogP contribution in [-0.2, 0) is 6.54 Å². The smallest absolute Gasteiger partial charge is 0.0977 e. The number of nitrogen functional groups attached to an aromatic ring is 1. The summed E-state index contributed by atoms with van der Waals surface area (Å²) in [7, 11) is 0. The van der Waals surface area contributed by atoms with Gasteiger partial charge in [-0.1, -0.05) is 12.1 Å². The van der Waals surface area contributed by atoms with Crippen molar-refractivity contribution >= 4 is 11.4 Å². The van der Waals surface area contributed by atoms with Crippen LogP contribution >= 0.6 is 0 Å². The molecule has 76 valence electrons. The van der Waals surface area contributed by atoms with E-state index in [0.717, 1.165) is 17.9 Å². The molecule has 1 aromatic rings. The Bertz CT molecular complexity index is 348. The van der Waals surface area contributed by atoms with Gasteiger partial charge in [0.15, 0.2) is 0 Å². The number of hydrogen-bond acceptors (Lipinski definition) is 4. The number of hydrazine groups is 2. The first kappa shape index (κ1) is 9.30. The first-order valence-corrected chi connectivity index (χ1v) is 4.80. The van der Waals surface area contributed by atoms with Crippen molar-refractivity contribution in [3.8, 4) is 0 Å². The third-order valence-corrected chi connectivity index (χ3v) is 2.59. The van der Waals surface area contributed by atoms with Crippen molar-refractivity contribution in [2.75, 3.05) is 10.9 Å². The van der Waals surface area contributed by atoms with Gasteiger partial charge in [0.2, 0.25) is 0 Å². The van der Waals surface area contributed by atoms with Crippen molar-refractivity contribution in [1.82, 2.24) is 5.01 Å². The molecule has 1 heterocycles. The summed E-state index contributed by atoms with van der Waals surface area (Å²) in [6.07, 6.45) is 0. The van der Waals surface area contributed by atoms with Gasteiger partial charge in [-0.15, -0.1) is 0 Å². The lowest BCUT2D eigenvalue weighted by Crippen LogP contribution is -2.47. The van der Waals surface area contributed by atoms with Gasteiger partial charge >= 0.3 is 0 Å². The van der Waals surface area contributed by atoms with Crippen LogP contribution in [0, 0.1) is 0 Å². The van der Waals surface area contributed by atoms with E-state index in [1.165, 1.54) is 5.56 Å². The van der Waals surface area contributed by atoms with Gasteiger partial charge in [0.25, 0.3) is 0 Å². The van der Waals surface area contributed by atoms with E-state index in [4.69, 9.17) is 11.6 Å². The molecule has 0 bridgehead atoms. The van der Waals surface area contributed by atoms with Crippen molar-refractivity contribution in [2.45, 2.75) is 26.4 Å². The summed E-state index contributed by atoms with van der Waals surface area (Å²) in [5.41, 5.74) is 8.76. The van der Waals surface area contributed by atoms with Gasteiger partial charge in [-0.3, -0.25) is 0 Å². The van der Waals surface area contributed by atoms with Crippen molar-refractivity contribution in [1.29, 1.82) is 0 Å². The van der Waals surface area contributed by atoms with E-state index in [1.807, 2.05) is 12.1 Å². The maximum Gasteiger partial charge on any atom is 0.0977 e. The van der Waals surface area contributed by atoms with Crippen LogP contribution in [0.1, 0.15) is 19.4 Å². The predicted molar refractivity (Wildman–Crippen MR) is 58.2 cm³/mol. The summed E-state index contributed by atoms with van der Waals surface area (Å²) in [4.78, 5) is 0. The van der Waals surface area contributed by atoms with Crippen molar-refractivity contribution in [3.05, 3.63) is 23.8 Å². The third-order valence-electron chi connectivity index (χ3n) is 2.59. The van der Waals surface area contributed by atoms with Gasteiger partial charge in [-0.05, 0) is 25.5 Å². The van der Waals surface area contributed by atoms with Gasteiger partial charge in [-0.25, -0.2) is 11.0 Å². The molecule has 1 aromatic carbocycles. The van der Waals surface area contributed by atoms with Crippen molar-refractivity contribution < 1.29 is 0 Å². The highest BCUT2D eigenvalue weighted by Crippen LogP contribution is 2.34. The molecule has 4 N–H and O–H groups in total. The average Bonchev–Trinajstić information content (AvgIpc) is 2.45. The highest BCUT2D eigenvalue weighted by atomic mass is 15.8. The van der Waals surface area contributed by atoms with Crippen molar-refractivity contribution in [3.63, 3.8) is 0 Å². The van der Waals surface area contributed by atoms with E-state index < -0.39 is 0 Å². The number of hydrogen-bond donors (Lipinski definition) is 2. The Hall–Kier alpha value is -1.26. The molecule has 0 saturated heterocycles. The normalized spacial score (nSPS) is 16.4.